The molecule has 17 heavy (non-hydrogen) atoms. The van der Waals surface area contributed by atoms with Crippen molar-refractivity contribution in [3.05, 3.63) is 23.7 Å². The lowest BCUT2D eigenvalue weighted by Crippen LogP contribution is -2.34. The van der Waals surface area contributed by atoms with Crippen LogP contribution in [-0.2, 0) is 0 Å². The van der Waals surface area contributed by atoms with Gasteiger partial charge >= 0.3 is 0 Å². The molecule has 3 rings (SSSR count). The molecular weight excluding hydrogens is 212 g/mol. The third-order valence-electron chi connectivity index (χ3n) is 3.76. The Balaban J connectivity index is 2.02. The Bertz CT molecular complexity index is 531. The summed E-state index contributed by atoms with van der Waals surface area (Å²) in [6.45, 7) is 6.54. The summed E-state index contributed by atoms with van der Waals surface area (Å²) in [7, 11) is 0. The number of aryl methyl sites for hydroxylation is 1. The summed E-state index contributed by atoms with van der Waals surface area (Å²) in [5.74, 6) is 2.27. The van der Waals surface area contributed by atoms with Gasteiger partial charge in [-0.3, -0.25) is 0 Å². The minimum atomic E-state index is 0.532. The number of hydrogen-bond acceptors (Lipinski definition) is 3. The summed E-state index contributed by atoms with van der Waals surface area (Å²) >= 11 is 0. The molecule has 2 N–H and O–H groups in total. The number of aromatic amines is 1. The molecule has 1 aliphatic heterocycles. The Morgan fingerprint density at radius 3 is 3.06 bits per heavy atom. The van der Waals surface area contributed by atoms with Crippen LogP contribution < -0.4 is 5.32 Å². The first kappa shape index (κ1) is 10.7. The summed E-state index contributed by atoms with van der Waals surface area (Å²) in [6, 6.07) is 2.02. The molecule has 1 fully saturated rings. The Morgan fingerprint density at radius 1 is 1.41 bits per heavy atom. The van der Waals surface area contributed by atoms with Crippen LogP contribution in [0.2, 0.25) is 0 Å². The highest BCUT2D eigenvalue weighted by molar-refractivity contribution is 5.74. The number of rotatable bonds is 1. The third kappa shape index (κ3) is 1.82. The van der Waals surface area contributed by atoms with Crippen molar-refractivity contribution in [2.24, 2.45) is 5.92 Å². The van der Waals surface area contributed by atoms with Crippen molar-refractivity contribution in [3.63, 3.8) is 0 Å². The maximum absolute atomic E-state index is 4.65. The van der Waals surface area contributed by atoms with E-state index in [0.29, 0.717) is 11.8 Å². The highest BCUT2D eigenvalue weighted by Gasteiger charge is 2.25. The monoisotopic (exact) mass is 230 g/mol. The summed E-state index contributed by atoms with van der Waals surface area (Å²) in [6.07, 6.45) is 2.98. The molecule has 0 aromatic carbocycles. The van der Waals surface area contributed by atoms with E-state index in [1.807, 2.05) is 12.3 Å². The molecule has 0 bridgehead atoms. The molecule has 0 amide bonds. The second-order valence-corrected chi connectivity index (χ2v) is 5.03. The van der Waals surface area contributed by atoms with Crippen molar-refractivity contribution in [2.75, 3.05) is 13.1 Å². The zero-order valence-electron chi connectivity index (χ0n) is 10.3. The number of nitrogens with zero attached hydrogens (tertiary/aromatic N) is 2. The van der Waals surface area contributed by atoms with E-state index in [4.69, 9.17) is 0 Å². The molecule has 90 valence electrons. The van der Waals surface area contributed by atoms with E-state index in [2.05, 4.69) is 34.1 Å². The summed E-state index contributed by atoms with van der Waals surface area (Å²) in [5.41, 5.74) is 3.16. The number of H-pyrrole nitrogens is 1. The normalized spacial score (nSPS) is 25.3. The summed E-state index contributed by atoms with van der Waals surface area (Å²) in [4.78, 5) is 12.4. The van der Waals surface area contributed by atoms with Gasteiger partial charge in [0.05, 0.1) is 5.52 Å². The topological polar surface area (TPSA) is 53.6 Å². The van der Waals surface area contributed by atoms with Gasteiger partial charge in [-0.25, -0.2) is 9.97 Å². The van der Waals surface area contributed by atoms with Gasteiger partial charge in [0.1, 0.15) is 5.82 Å². The van der Waals surface area contributed by atoms with Crippen LogP contribution in [0.4, 0.5) is 0 Å². The first-order chi connectivity index (χ1) is 8.25. The molecule has 3 heterocycles. The molecular formula is C13H18N4. The minimum absolute atomic E-state index is 0.532. The van der Waals surface area contributed by atoms with Crippen LogP contribution in [0, 0.1) is 12.8 Å². The maximum Gasteiger partial charge on any atom is 0.177 e. The highest BCUT2D eigenvalue weighted by Crippen LogP contribution is 2.29. The summed E-state index contributed by atoms with van der Waals surface area (Å²) < 4.78 is 0. The number of nitrogens with one attached hydrogen (secondary N) is 2. The van der Waals surface area contributed by atoms with Gasteiger partial charge in [-0.15, -0.1) is 0 Å². The fourth-order valence-corrected chi connectivity index (χ4v) is 2.65. The van der Waals surface area contributed by atoms with Crippen LogP contribution >= 0.6 is 0 Å². The van der Waals surface area contributed by atoms with E-state index in [9.17, 15) is 0 Å². The first-order valence-electron chi connectivity index (χ1n) is 6.27. The molecule has 0 aliphatic carbocycles. The van der Waals surface area contributed by atoms with Gasteiger partial charge < -0.3 is 10.3 Å². The predicted octanol–water partition coefficient (Wildman–Crippen LogP) is 1.98. The van der Waals surface area contributed by atoms with Crippen LogP contribution in [0.15, 0.2) is 12.3 Å². The van der Waals surface area contributed by atoms with E-state index in [0.717, 1.165) is 36.5 Å². The number of pyridine rings is 1. The van der Waals surface area contributed by atoms with Crippen molar-refractivity contribution in [1.82, 2.24) is 20.3 Å². The van der Waals surface area contributed by atoms with Crippen molar-refractivity contribution in [3.8, 4) is 0 Å². The zero-order valence-corrected chi connectivity index (χ0v) is 10.3. The SMILES string of the molecule is Cc1ccnc2nc(C3CCNCC3C)[nH]c12. The molecule has 1 saturated heterocycles. The molecule has 2 unspecified atom stereocenters. The Labute approximate surface area is 101 Å². The lowest BCUT2D eigenvalue weighted by Gasteiger charge is -2.27. The Hall–Kier alpha value is -1.42. The van der Waals surface area contributed by atoms with Crippen molar-refractivity contribution >= 4 is 11.2 Å². The Kier molecular flexibility index (Phi) is 2.59. The average Bonchev–Trinajstić information content (AvgIpc) is 2.75. The smallest absolute Gasteiger partial charge is 0.177 e. The van der Waals surface area contributed by atoms with E-state index < -0.39 is 0 Å². The molecule has 4 nitrogen and oxygen atoms in total. The molecule has 2 atom stereocenters. The van der Waals surface area contributed by atoms with Crippen LogP contribution in [0.25, 0.3) is 11.2 Å². The minimum Gasteiger partial charge on any atom is -0.340 e. The number of hydrogen-bond donors (Lipinski definition) is 2. The second kappa shape index (κ2) is 4.11. The molecule has 0 radical (unpaired) electrons. The van der Waals surface area contributed by atoms with Crippen LogP contribution in [0.5, 0.6) is 0 Å². The van der Waals surface area contributed by atoms with Crippen molar-refractivity contribution in [2.45, 2.75) is 26.2 Å². The molecule has 1 aliphatic rings. The van der Waals surface area contributed by atoms with E-state index in [-0.39, 0.29) is 0 Å². The maximum atomic E-state index is 4.65. The fraction of sp³-hybridized carbons (Fsp3) is 0.538. The molecule has 2 aromatic rings. The molecule has 2 aromatic heterocycles. The Morgan fingerprint density at radius 2 is 2.29 bits per heavy atom. The van der Waals surface area contributed by atoms with Gasteiger partial charge in [0, 0.05) is 12.1 Å². The van der Waals surface area contributed by atoms with E-state index in [1.165, 1.54) is 5.56 Å². The van der Waals surface area contributed by atoms with Gasteiger partial charge in [0.15, 0.2) is 5.65 Å². The quantitative estimate of drug-likeness (QED) is 0.787. The van der Waals surface area contributed by atoms with E-state index in [1.54, 1.807) is 0 Å². The lowest BCUT2D eigenvalue weighted by atomic mass is 9.87. The standard InChI is InChI=1S/C13H18N4/c1-8-3-6-15-13-11(8)16-12(17-13)10-4-5-14-7-9(10)2/h3,6,9-10,14H,4-5,7H2,1-2H3,(H,15,16,17). The third-order valence-corrected chi connectivity index (χ3v) is 3.76. The number of aromatic nitrogens is 3. The fourth-order valence-electron chi connectivity index (χ4n) is 2.65. The second-order valence-electron chi connectivity index (χ2n) is 5.03. The average molecular weight is 230 g/mol. The van der Waals surface area contributed by atoms with Gasteiger partial charge in [-0.05, 0) is 44.0 Å². The predicted molar refractivity (Wildman–Crippen MR) is 68.0 cm³/mol. The van der Waals surface area contributed by atoms with Crippen LogP contribution in [0.1, 0.15) is 30.7 Å². The van der Waals surface area contributed by atoms with Crippen LogP contribution in [0.3, 0.4) is 0 Å². The number of piperidine rings is 1. The first-order valence-corrected chi connectivity index (χ1v) is 6.27. The summed E-state index contributed by atoms with van der Waals surface area (Å²) in [5, 5.41) is 3.42. The van der Waals surface area contributed by atoms with E-state index >= 15 is 0 Å². The van der Waals surface area contributed by atoms with Crippen LogP contribution in [-0.4, -0.2) is 28.0 Å². The van der Waals surface area contributed by atoms with Gasteiger partial charge in [0.25, 0.3) is 0 Å². The van der Waals surface area contributed by atoms with Gasteiger partial charge in [-0.2, -0.15) is 0 Å². The van der Waals surface area contributed by atoms with Crippen molar-refractivity contribution in [1.29, 1.82) is 0 Å². The highest BCUT2D eigenvalue weighted by atomic mass is 15.0. The largest absolute Gasteiger partial charge is 0.340 e. The molecule has 4 heteroatoms. The van der Waals surface area contributed by atoms with Crippen molar-refractivity contribution < 1.29 is 0 Å². The number of fused-ring (bicyclic) bond motifs is 1. The molecule has 0 saturated carbocycles. The molecule has 0 spiro atoms. The number of imidazole rings is 1. The van der Waals surface area contributed by atoms with Gasteiger partial charge in [0.2, 0.25) is 0 Å². The van der Waals surface area contributed by atoms with Gasteiger partial charge in [-0.1, -0.05) is 6.92 Å². The lowest BCUT2D eigenvalue weighted by molar-refractivity contribution is 0.340. The zero-order chi connectivity index (χ0) is 11.8.